The molecule has 1 amide bonds. The van der Waals surface area contributed by atoms with E-state index >= 15 is 0 Å². The van der Waals surface area contributed by atoms with Gasteiger partial charge in [-0.3, -0.25) is 4.79 Å². The summed E-state index contributed by atoms with van der Waals surface area (Å²) in [5, 5.41) is 2.66. The number of rotatable bonds is 5. The van der Waals surface area contributed by atoms with Gasteiger partial charge in [-0.15, -0.1) is 0 Å². The molecule has 1 N–H and O–H groups in total. The summed E-state index contributed by atoms with van der Waals surface area (Å²) in [6.45, 7) is 2.38. The molecule has 110 valence electrons. The Morgan fingerprint density at radius 2 is 2.10 bits per heavy atom. The molecule has 1 heterocycles. The van der Waals surface area contributed by atoms with Gasteiger partial charge < -0.3 is 14.8 Å². The number of halogens is 1. The lowest BCUT2D eigenvalue weighted by Gasteiger charge is -2.11. The monoisotopic (exact) mass is 290 g/mol. The van der Waals surface area contributed by atoms with Crippen LogP contribution in [0.15, 0.2) is 36.5 Å². The van der Waals surface area contributed by atoms with E-state index in [1.54, 1.807) is 18.2 Å². The maximum atomic E-state index is 13.0. The van der Waals surface area contributed by atoms with Crippen LogP contribution >= 0.6 is 0 Å². The standard InChI is InChI=1S/C15H15FN2O3/c1-3-21-12-5-4-11(9-13(12)20-2)18-15(19)10-6-7-17-14(16)8-10/h4-9H,3H2,1-2H3,(H,18,19). The van der Waals surface area contributed by atoms with Crippen molar-refractivity contribution >= 4 is 11.6 Å². The van der Waals surface area contributed by atoms with Crippen LogP contribution in [-0.4, -0.2) is 24.6 Å². The second-order valence-corrected chi connectivity index (χ2v) is 4.12. The number of benzene rings is 1. The van der Waals surface area contributed by atoms with Gasteiger partial charge in [-0.2, -0.15) is 4.39 Å². The average Bonchev–Trinajstić information content (AvgIpc) is 2.49. The minimum absolute atomic E-state index is 0.190. The molecule has 2 aromatic rings. The van der Waals surface area contributed by atoms with Gasteiger partial charge in [0.05, 0.1) is 13.7 Å². The first-order chi connectivity index (χ1) is 10.1. The van der Waals surface area contributed by atoms with E-state index in [1.165, 1.54) is 19.4 Å². The predicted octanol–water partition coefficient (Wildman–Crippen LogP) is 2.88. The molecule has 0 radical (unpaired) electrons. The highest BCUT2D eigenvalue weighted by Gasteiger charge is 2.10. The lowest BCUT2D eigenvalue weighted by atomic mass is 10.2. The van der Waals surface area contributed by atoms with Gasteiger partial charge in [-0.05, 0) is 25.1 Å². The summed E-state index contributed by atoms with van der Waals surface area (Å²) < 4.78 is 23.6. The molecule has 6 heteroatoms. The second-order valence-electron chi connectivity index (χ2n) is 4.12. The van der Waals surface area contributed by atoms with Gasteiger partial charge in [0.15, 0.2) is 11.5 Å². The second kappa shape index (κ2) is 6.69. The summed E-state index contributed by atoms with van der Waals surface area (Å²) in [5.74, 6) is -0.0297. The van der Waals surface area contributed by atoms with Crippen LogP contribution in [0.2, 0.25) is 0 Å². The van der Waals surface area contributed by atoms with Gasteiger partial charge in [0.25, 0.3) is 5.91 Å². The lowest BCUT2D eigenvalue weighted by Crippen LogP contribution is -2.12. The molecule has 0 fully saturated rings. The van der Waals surface area contributed by atoms with E-state index in [0.29, 0.717) is 23.8 Å². The zero-order chi connectivity index (χ0) is 15.2. The van der Waals surface area contributed by atoms with Crippen molar-refractivity contribution in [2.75, 3.05) is 19.0 Å². The third-order valence-corrected chi connectivity index (χ3v) is 2.71. The maximum Gasteiger partial charge on any atom is 0.255 e. The number of amides is 1. The quantitative estimate of drug-likeness (QED) is 0.860. The minimum atomic E-state index is -0.702. The van der Waals surface area contributed by atoms with Crippen molar-refractivity contribution in [2.45, 2.75) is 6.92 Å². The molecule has 0 atom stereocenters. The van der Waals surface area contributed by atoms with Crippen LogP contribution < -0.4 is 14.8 Å². The highest BCUT2D eigenvalue weighted by molar-refractivity contribution is 6.04. The topological polar surface area (TPSA) is 60.5 Å². The summed E-state index contributed by atoms with van der Waals surface area (Å²) in [4.78, 5) is 15.4. The lowest BCUT2D eigenvalue weighted by molar-refractivity contribution is 0.102. The zero-order valence-corrected chi connectivity index (χ0v) is 11.7. The molecule has 1 aromatic carbocycles. The summed E-state index contributed by atoms with van der Waals surface area (Å²) >= 11 is 0. The molecule has 0 saturated carbocycles. The first-order valence-electron chi connectivity index (χ1n) is 6.37. The number of methoxy groups -OCH3 is 1. The Morgan fingerprint density at radius 3 is 2.76 bits per heavy atom. The van der Waals surface area contributed by atoms with E-state index in [9.17, 15) is 9.18 Å². The molecule has 0 aliphatic heterocycles. The van der Waals surface area contributed by atoms with Crippen LogP contribution in [0.25, 0.3) is 0 Å². The summed E-state index contributed by atoms with van der Waals surface area (Å²) in [6.07, 6.45) is 1.24. The summed E-state index contributed by atoms with van der Waals surface area (Å²) in [7, 11) is 1.52. The molecule has 0 spiro atoms. The fourth-order valence-corrected chi connectivity index (χ4v) is 1.77. The largest absolute Gasteiger partial charge is 0.493 e. The van der Waals surface area contributed by atoms with E-state index in [-0.39, 0.29) is 5.56 Å². The number of nitrogens with one attached hydrogen (secondary N) is 1. The SMILES string of the molecule is CCOc1ccc(NC(=O)c2ccnc(F)c2)cc1OC. The zero-order valence-electron chi connectivity index (χ0n) is 11.7. The van der Waals surface area contributed by atoms with Crippen molar-refractivity contribution in [1.82, 2.24) is 4.98 Å². The average molecular weight is 290 g/mol. The van der Waals surface area contributed by atoms with Crippen molar-refractivity contribution in [3.05, 3.63) is 48.0 Å². The van der Waals surface area contributed by atoms with Gasteiger partial charge in [0.2, 0.25) is 5.95 Å². The summed E-state index contributed by atoms with van der Waals surface area (Å²) in [5.41, 5.74) is 0.716. The van der Waals surface area contributed by atoms with Gasteiger partial charge in [0.1, 0.15) is 0 Å². The summed E-state index contributed by atoms with van der Waals surface area (Å²) in [6, 6.07) is 7.53. The Balaban J connectivity index is 2.17. The first kappa shape index (κ1) is 14.8. The Morgan fingerprint density at radius 1 is 1.29 bits per heavy atom. The number of pyridine rings is 1. The Kier molecular flexibility index (Phi) is 4.71. The van der Waals surface area contributed by atoms with Crippen molar-refractivity contribution in [1.29, 1.82) is 0 Å². The Bertz CT molecular complexity index is 647. The molecule has 21 heavy (non-hydrogen) atoms. The van der Waals surface area contributed by atoms with Crippen LogP contribution in [0.3, 0.4) is 0 Å². The van der Waals surface area contributed by atoms with E-state index in [0.717, 1.165) is 6.07 Å². The molecular formula is C15H15FN2O3. The third kappa shape index (κ3) is 3.68. The number of carbonyl (C=O) groups is 1. The molecule has 2 rings (SSSR count). The van der Waals surface area contributed by atoms with Gasteiger partial charge in [0, 0.05) is 29.6 Å². The first-order valence-corrected chi connectivity index (χ1v) is 6.37. The number of nitrogens with zero attached hydrogens (tertiary/aromatic N) is 1. The molecule has 5 nitrogen and oxygen atoms in total. The van der Waals surface area contributed by atoms with Crippen LogP contribution in [0.4, 0.5) is 10.1 Å². The molecule has 0 bridgehead atoms. The van der Waals surface area contributed by atoms with Crippen molar-refractivity contribution < 1.29 is 18.7 Å². The number of hydrogen-bond donors (Lipinski definition) is 1. The highest BCUT2D eigenvalue weighted by atomic mass is 19.1. The van der Waals surface area contributed by atoms with Gasteiger partial charge in [-0.25, -0.2) is 4.98 Å². The fraction of sp³-hybridized carbons (Fsp3) is 0.200. The van der Waals surface area contributed by atoms with E-state index in [2.05, 4.69) is 10.3 Å². The highest BCUT2D eigenvalue weighted by Crippen LogP contribution is 2.30. The molecule has 0 unspecified atom stereocenters. The number of aromatic nitrogens is 1. The van der Waals surface area contributed by atoms with Gasteiger partial charge in [-0.1, -0.05) is 0 Å². The van der Waals surface area contributed by atoms with Crippen LogP contribution in [-0.2, 0) is 0 Å². The predicted molar refractivity (Wildman–Crippen MR) is 76.3 cm³/mol. The fourth-order valence-electron chi connectivity index (χ4n) is 1.77. The normalized spacial score (nSPS) is 10.0. The van der Waals surface area contributed by atoms with Crippen molar-refractivity contribution in [3.8, 4) is 11.5 Å². The number of ether oxygens (including phenoxy) is 2. The van der Waals surface area contributed by atoms with E-state index < -0.39 is 11.9 Å². The Labute approximate surface area is 121 Å². The van der Waals surface area contributed by atoms with Crippen molar-refractivity contribution in [2.24, 2.45) is 0 Å². The van der Waals surface area contributed by atoms with E-state index in [4.69, 9.17) is 9.47 Å². The molecule has 0 aliphatic rings. The number of anilines is 1. The minimum Gasteiger partial charge on any atom is -0.493 e. The number of hydrogen-bond acceptors (Lipinski definition) is 4. The van der Waals surface area contributed by atoms with Crippen LogP contribution in [0.5, 0.6) is 11.5 Å². The number of carbonyl (C=O) groups excluding carboxylic acids is 1. The van der Waals surface area contributed by atoms with Crippen LogP contribution in [0, 0.1) is 5.95 Å². The maximum absolute atomic E-state index is 13.0. The van der Waals surface area contributed by atoms with Crippen molar-refractivity contribution in [3.63, 3.8) is 0 Å². The molecule has 0 saturated heterocycles. The molecular weight excluding hydrogens is 275 g/mol. The smallest absolute Gasteiger partial charge is 0.255 e. The van der Waals surface area contributed by atoms with Gasteiger partial charge >= 0.3 is 0 Å². The molecule has 1 aromatic heterocycles. The molecule has 0 aliphatic carbocycles. The third-order valence-electron chi connectivity index (χ3n) is 2.71. The van der Waals surface area contributed by atoms with Crippen LogP contribution in [0.1, 0.15) is 17.3 Å². The Hall–Kier alpha value is -2.63. The van der Waals surface area contributed by atoms with E-state index in [1.807, 2.05) is 6.92 Å².